The van der Waals surface area contributed by atoms with E-state index in [0.717, 1.165) is 36.0 Å². The number of amides is 3. The number of aryl methyl sites for hydroxylation is 2. The monoisotopic (exact) mass is 729 g/mol. The number of nitrogens with one attached hydrogen (secondary N) is 2. The molecule has 10 heteroatoms. The molecule has 3 unspecified atom stereocenters. The fourth-order valence-electron chi connectivity index (χ4n) is 6.15. The van der Waals surface area contributed by atoms with E-state index in [4.69, 9.17) is 9.47 Å². The second-order valence-electron chi connectivity index (χ2n) is 15.7. The van der Waals surface area contributed by atoms with Crippen molar-refractivity contribution in [1.29, 1.82) is 0 Å². The van der Waals surface area contributed by atoms with E-state index < -0.39 is 53.2 Å². The van der Waals surface area contributed by atoms with E-state index in [1.807, 2.05) is 62.4 Å². The van der Waals surface area contributed by atoms with Gasteiger partial charge in [-0.3, -0.25) is 9.59 Å². The first-order valence-electron chi connectivity index (χ1n) is 18.6. The van der Waals surface area contributed by atoms with Crippen molar-refractivity contribution in [3.8, 4) is 5.75 Å². The van der Waals surface area contributed by atoms with Crippen molar-refractivity contribution in [3.05, 3.63) is 101 Å². The van der Waals surface area contributed by atoms with Crippen LogP contribution in [0.15, 0.2) is 72.8 Å². The number of unbranched alkanes of at least 4 members (excludes halogenated alkanes) is 3. The molecule has 288 valence electrons. The van der Waals surface area contributed by atoms with E-state index in [1.165, 1.54) is 17.0 Å². The standard InChI is InChI=1S/C43H59N3O7/c1-10-11-12-16-26-46(39(49)34(45-41(51)53-43(7,8)9)27-32-22-24-33(47)25-23-32)37(36-29(2)18-17-19-30(36)3)38(48)44-35(40(50)52-42(4,5)6)28-31-20-14-13-15-21-31/h13-15,17-25,34-35,37,47H,10-12,16,26-28H2,1-9H3,(H,44,48)(H,45,51). The number of ether oxygens (including phenoxy) is 2. The van der Waals surface area contributed by atoms with E-state index in [9.17, 15) is 19.5 Å². The summed E-state index contributed by atoms with van der Waals surface area (Å²) < 4.78 is 11.4. The molecule has 0 aromatic heterocycles. The van der Waals surface area contributed by atoms with Crippen LogP contribution in [-0.2, 0) is 36.7 Å². The lowest BCUT2D eigenvalue weighted by atomic mass is 9.92. The molecule has 10 nitrogen and oxygen atoms in total. The van der Waals surface area contributed by atoms with Crippen LogP contribution in [0.2, 0.25) is 0 Å². The van der Waals surface area contributed by atoms with Crippen LogP contribution in [-0.4, -0.2) is 63.7 Å². The Hall–Kier alpha value is -4.86. The third kappa shape index (κ3) is 13.9. The van der Waals surface area contributed by atoms with Crippen molar-refractivity contribution in [1.82, 2.24) is 15.5 Å². The fourth-order valence-corrected chi connectivity index (χ4v) is 6.15. The van der Waals surface area contributed by atoms with E-state index in [1.54, 1.807) is 53.7 Å². The Kier molecular flexibility index (Phi) is 15.5. The SMILES string of the molecule is CCCCCCN(C(=O)C(Cc1ccc(O)cc1)NC(=O)OC(C)(C)C)C(C(=O)NC(Cc1ccccc1)C(=O)OC(C)(C)C)c1c(C)cccc1C. The number of carbonyl (C=O) groups is 4. The summed E-state index contributed by atoms with van der Waals surface area (Å²) in [5.41, 5.74) is 2.11. The minimum atomic E-state index is -1.16. The predicted octanol–water partition coefficient (Wildman–Crippen LogP) is 7.66. The van der Waals surface area contributed by atoms with E-state index in [2.05, 4.69) is 17.6 Å². The molecule has 0 saturated heterocycles. The Bertz CT molecular complexity index is 1640. The first-order valence-corrected chi connectivity index (χ1v) is 18.6. The zero-order chi connectivity index (χ0) is 39.3. The molecule has 0 saturated carbocycles. The molecular weight excluding hydrogens is 670 g/mol. The molecule has 3 atom stereocenters. The zero-order valence-electron chi connectivity index (χ0n) is 33.0. The summed E-state index contributed by atoms with van der Waals surface area (Å²) in [6.45, 7) is 16.6. The maximum absolute atomic E-state index is 15.1. The number of phenols is 1. The molecule has 0 heterocycles. The molecular formula is C43H59N3O7. The van der Waals surface area contributed by atoms with E-state index in [0.29, 0.717) is 17.5 Å². The van der Waals surface area contributed by atoms with Crippen LogP contribution in [0, 0.1) is 13.8 Å². The summed E-state index contributed by atoms with van der Waals surface area (Å²) in [4.78, 5) is 58.5. The number of aromatic hydroxyl groups is 1. The summed E-state index contributed by atoms with van der Waals surface area (Å²) in [6.07, 6.45) is 2.79. The minimum Gasteiger partial charge on any atom is -0.508 e. The average Bonchev–Trinajstić information content (AvgIpc) is 3.06. The van der Waals surface area contributed by atoms with Crippen LogP contribution in [0.4, 0.5) is 4.79 Å². The van der Waals surface area contributed by atoms with Gasteiger partial charge in [0.1, 0.15) is 35.1 Å². The topological polar surface area (TPSA) is 134 Å². The molecule has 0 aliphatic heterocycles. The summed E-state index contributed by atoms with van der Waals surface area (Å²) in [7, 11) is 0. The van der Waals surface area contributed by atoms with Gasteiger partial charge in [0.15, 0.2) is 0 Å². The van der Waals surface area contributed by atoms with Gasteiger partial charge in [0, 0.05) is 19.4 Å². The number of hydrogen-bond donors (Lipinski definition) is 3. The molecule has 0 aliphatic rings. The van der Waals surface area contributed by atoms with Crippen LogP contribution in [0.3, 0.4) is 0 Å². The van der Waals surface area contributed by atoms with Gasteiger partial charge < -0.3 is 30.1 Å². The summed E-state index contributed by atoms with van der Waals surface area (Å²) in [5.74, 6) is -1.55. The van der Waals surface area contributed by atoms with Gasteiger partial charge in [0.2, 0.25) is 11.8 Å². The largest absolute Gasteiger partial charge is 0.508 e. The lowest BCUT2D eigenvalue weighted by Gasteiger charge is -2.36. The van der Waals surface area contributed by atoms with Crippen LogP contribution < -0.4 is 10.6 Å². The van der Waals surface area contributed by atoms with Gasteiger partial charge in [-0.25, -0.2) is 9.59 Å². The maximum atomic E-state index is 15.1. The van der Waals surface area contributed by atoms with Crippen LogP contribution in [0.25, 0.3) is 0 Å². The van der Waals surface area contributed by atoms with Gasteiger partial charge in [-0.05, 0) is 102 Å². The van der Waals surface area contributed by atoms with Gasteiger partial charge in [0.05, 0.1) is 0 Å². The number of hydrogen-bond acceptors (Lipinski definition) is 7. The molecule has 3 N–H and O–H groups in total. The first-order chi connectivity index (χ1) is 24.9. The quantitative estimate of drug-likeness (QED) is 0.102. The lowest BCUT2D eigenvalue weighted by molar-refractivity contribution is -0.159. The normalized spacial score (nSPS) is 13.3. The highest BCUT2D eigenvalue weighted by molar-refractivity contribution is 5.94. The minimum absolute atomic E-state index is 0.0658. The van der Waals surface area contributed by atoms with Crippen LogP contribution >= 0.6 is 0 Å². The average molecular weight is 730 g/mol. The highest BCUT2D eigenvalue weighted by atomic mass is 16.6. The van der Waals surface area contributed by atoms with Crippen LogP contribution in [0.5, 0.6) is 5.75 Å². The second-order valence-corrected chi connectivity index (χ2v) is 15.7. The maximum Gasteiger partial charge on any atom is 0.408 e. The Balaban J connectivity index is 2.18. The molecule has 0 spiro atoms. The van der Waals surface area contributed by atoms with Gasteiger partial charge in [0.25, 0.3) is 0 Å². The Morgan fingerprint density at radius 1 is 0.698 bits per heavy atom. The van der Waals surface area contributed by atoms with E-state index >= 15 is 4.79 Å². The molecule has 3 aromatic carbocycles. The predicted molar refractivity (Wildman–Crippen MR) is 207 cm³/mol. The second kappa shape index (κ2) is 19.3. The van der Waals surface area contributed by atoms with Gasteiger partial charge in [-0.1, -0.05) is 86.8 Å². The number of nitrogens with zero attached hydrogens (tertiary/aromatic N) is 1. The number of rotatable bonds is 16. The fraction of sp³-hybridized carbons (Fsp3) is 0.488. The molecule has 0 bridgehead atoms. The highest BCUT2D eigenvalue weighted by Crippen LogP contribution is 2.30. The summed E-state index contributed by atoms with van der Waals surface area (Å²) in [5, 5.41) is 15.7. The van der Waals surface area contributed by atoms with Crippen molar-refractivity contribution < 1.29 is 33.8 Å². The van der Waals surface area contributed by atoms with Crippen molar-refractivity contribution in [2.24, 2.45) is 0 Å². The zero-order valence-corrected chi connectivity index (χ0v) is 33.0. The Labute approximate surface area is 315 Å². The highest BCUT2D eigenvalue weighted by Gasteiger charge is 2.39. The Morgan fingerprint density at radius 3 is 1.83 bits per heavy atom. The summed E-state index contributed by atoms with van der Waals surface area (Å²) in [6, 6.07) is 18.1. The lowest BCUT2D eigenvalue weighted by Crippen LogP contribution is -2.56. The van der Waals surface area contributed by atoms with Crippen molar-refractivity contribution in [2.45, 2.75) is 130 Å². The third-order valence-electron chi connectivity index (χ3n) is 8.57. The molecule has 3 aromatic rings. The van der Waals surface area contributed by atoms with Gasteiger partial charge in [-0.2, -0.15) is 0 Å². The summed E-state index contributed by atoms with van der Waals surface area (Å²) >= 11 is 0. The number of esters is 1. The molecule has 0 aliphatic carbocycles. The van der Waals surface area contributed by atoms with E-state index in [-0.39, 0.29) is 25.1 Å². The van der Waals surface area contributed by atoms with Gasteiger partial charge in [-0.15, -0.1) is 0 Å². The van der Waals surface area contributed by atoms with Gasteiger partial charge >= 0.3 is 12.1 Å². The third-order valence-corrected chi connectivity index (χ3v) is 8.57. The number of carbonyl (C=O) groups excluding carboxylic acids is 4. The molecule has 3 rings (SSSR count). The number of phenolic OH excluding ortho intramolecular Hbond substituents is 1. The van der Waals surface area contributed by atoms with Crippen molar-refractivity contribution >= 4 is 23.9 Å². The number of benzene rings is 3. The first kappa shape index (κ1) is 42.6. The molecule has 3 amide bonds. The molecule has 0 radical (unpaired) electrons. The smallest absolute Gasteiger partial charge is 0.408 e. The molecule has 53 heavy (non-hydrogen) atoms. The van der Waals surface area contributed by atoms with Crippen molar-refractivity contribution in [3.63, 3.8) is 0 Å². The van der Waals surface area contributed by atoms with Crippen LogP contribution in [0.1, 0.15) is 108 Å². The number of alkyl carbamates (subject to hydrolysis) is 1. The van der Waals surface area contributed by atoms with Crippen molar-refractivity contribution in [2.75, 3.05) is 6.54 Å². The molecule has 0 fully saturated rings. The Morgan fingerprint density at radius 2 is 1.26 bits per heavy atom.